The van der Waals surface area contributed by atoms with E-state index in [1.54, 1.807) is 6.07 Å². The summed E-state index contributed by atoms with van der Waals surface area (Å²) in [7, 11) is 2.09. The Labute approximate surface area is 194 Å². The number of likely N-dealkylation sites (N-methyl/N-ethyl adjacent to an activating group) is 1. The first-order valence-corrected chi connectivity index (χ1v) is 10.5. The molecular weight excluding hydrogens is 468 g/mol. The van der Waals surface area contributed by atoms with Crippen molar-refractivity contribution in [3.05, 3.63) is 68.7 Å². The molecule has 0 aromatic heterocycles. The zero-order chi connectivity index (χ0) is 24.1. The summed E-state index contributed by atoms with van der Waals surface area (Å²) in [4.78, 5) is 23.2. The van der Waals surface area contributed by atoms with E-state index in [2.05, 4.69) is 17.3 Å². The van der Waals surface area contributed by atoms with Gasteiger partial charge in [-0.3, -0.25) is 4.79 Å². The minimum atomic E-state index is -5.08. The zero-order valence-electron chi connectivity index (χ0n) is 17.5. The summed E-state index contributed by atoms with van der Waals surface area (Å²) in [5.74, 6) is -2.59. The second-order valence-electron chi connectivity index (χ2n) is 7.39. The molecule has 3 rings (SSSR count). The van der Waals surface area contributed by atoms with Crippen molar-refractivity contribution in [3.8, 4) is 0 Å². The molecule has 32 heavy (non-hydrogen) atoms. The van der Waals surface area contributed by atoms with E-state index in [1.165, 1.54) is 5.56 Å². The van der Waals surface area contributed by atoms with Crippen molar-refractivity contribution in [1.82, 2.24) is 10.2 Å². The molecule has 174 valence electrons. The number of aliphatic carboxylic acids is 1. The van der Waals surface area contributed by atoms with E-state index >= 15 is 0 Å². The fourth-order valence-corrected chi connectivity index (χ4v) is 3.91. The molecule has 2 N–H and O–H groups in total. The van der Waals surface area contributed by atoms with Crippen LogP contribution in [-0.2, 0) is 11.3 Å². The number of carboxylic acid groups (broad SMARTS) is 1. The Morgan fingerprint density at radius 1 is 1.19 bits per heavy atom. The van der Waals surface area contributed by atoms with Crippen LogP contribution in [0, 0.1) is 0 Å². The van der Waals surface area contributed by atoms with Gasteiger partial charge in [-0.2, -0.15) is 13.2 Å². The Hall–Kier alpha value is -2.29. The van der Waals surface area contributed by atoms with Gasteiger partial charge in [0, 0.05) is 41.2 Å². The highest BCUT2D eigenvalue weighted by Crippen LogP contribution is 2.38. The van der Waals surface area contributed by atoms with Gasteiger partial charge < -0.3 is 15.3 Å². The molecule has 1 aliphatic heterocycles. The van der Waals surface area contributed by atoms with Gasteiger partial charge in [-0.15, -0.1) is 0 Å². The number of fused-ring (bicyclic) bond motifs is 1. The molecule has 0 aliphatic carbocycles. The monoisotopic (exact) mass is 490 g/mol. The number of carboxylic acids is 1. The van der Waals surface area contributed by atoms with Gasteiger partial charge in [0.1, 0.15) is 0 Å². The highest BCUT2D eigenvalue weighted by Gasteiger charge is 2.38. The fourth-order valence-electron chi connectivity index (χ4n) is 3.34. The van der Waals surface area contributed by atoms with E-state index in [4.69, 9.17) is 33.1 Å². The maximum absolute atomic E-state index is 12.1. The molecule has 0 radical (unpaired) electrons. The lowest BCUT2D eigenvalue weighted by atomic mass is 9.84. The minimum Gasteiger partial charge on any atom is -0.475 e. The highest BCUT2D eigenvalue weighted by molar-refractivity contribution is 6.35. The third-order valence-corrected chi connectivity index (χ3v) is 5.40. The van der Waals surface area contributed by atoms with Gasteiger partial charge in [0.25, 0.3) is 5.91 Å². The van der Waals surface area contributed by atoms with Gasteiger partial charge in [-0.25, -0.2) is 4.79 Å². The predicted molar refractivity (Wildman–Crippen MR) is 117 cm³/mol. The number of nitrogens with zero attached hydrogens (tertiary/aromatic N) is 1. The molecule has 0 saturated heterocycles. The first-order valence-electron chi connectivity index (χ1n) is 9.78. The van der Waals surface area contributed by atoms with Crippen LogP contribution < -0.4 is 5.32 Å². The second-order valence-corrected chi connectivity index (χ2v) is 8.23. The molecule has 0 bridgehead atoms. The molecule has 0 spiro atoms. The van der Waals surface area contributed by atoms with Gasteiger partial charge >= 0.3 is 12.1 Å². The van der Waals surface area contributed by atoms with Crippen LogP contribution in [0.15, 0.2) is 36.4 Å². The smallest absolute Gasteiger partial charge is 0.475 e. The molecule has 5 nitrogen and oxygen atoms in total. The van der Waals surface area contributed by atoms with Crippen LogP contribution in [-0.4, -0.2) is 48.2 Å². The second kappa shape index (κ2) is 11.0. The Morgan fingerprint density at radius 2 is 1.78 bits per heavy atom. The van der Waals surface area contributed by atoms with Crippen LogP contribution in [0.5, 0.6) is 0 Å². The van der Waals surface area contributed by atoms with E-state index in [0.29, 0.717) is 17.1 Å². The number of benzene rings is 2. The van der Waals surface area contributed by atoms with Crippen molar-refractivity contribution in [1.29, 1.82) is 0 Å². The quantitative estimate of drug-likeness (QED) is 0.606. The van der Waals surface area contributed by atoms with E-state index in [9.17, 15) is 18.0 Å². The molecule has 1 atom stereocenters. The van der Waals surface area contributed by atoms with E-state index < -0.39 is 12.1 Å². The van der Waals surface area contributed by atoms with Crippen LogP contribution in [0.4, 0.5) is 13.2 Å². The Balaban J connectivity index is 0.000000451. The molecule has 0 fully saturated rings. The number of alkyl halides is 3. The zero-order valence-corrected chi connectivity index (χ0v) is 19.0. The van der Waals surface area contributed by atoms with Gasteiger partial charge in [0.05, 0.1) is 0 Å². The Bertz CT molecular complexity index is 966. The summed E-state index contributed by atoms with van der Waals surface area (Å²) >= 11 is 12.7. The van der Waals surface area contributed by atoms with Crippen LogP contribution in [0.25, 0.3) is 0 Å². The molecule has 1 aliphatic rings. The molecule has 1 unspecified atom stereocenters. The maximum atomic E-state index is 12.1. The van der Waals surface area contributed by atoms with Crippen LogP contribution in [0.3, 0.4) is 0 Å². The lowest BCUT2D eigenvalue weighted by molar-refractivity contribution is -0.192. The fraction of sp³-hybridized carbons (Fsp3) is 0.364. The summed E-state index contributed by atoms with van der Waals surface area (Å²) < 4.78 is 31.7. The third kappa shape index (κ3) is 6.85. The molecule has 1 amide bonds. The largest absolute Gasteiger partial charge is 0.490 e. The first-order chi connectivity index (χ1) is 14.9. The topological polar surface area (TPSA) is 69.6 Å². The van der Waals surface area contributed by atoms with Crippen molar-refractivity contribution in [2.45, 2.75) is 32.0 Å². The van der Waals surface area contributed by atoms with E-state index in [-0.39, 0.29) is 11.8 Å². The van der Waals surface area contributed by atoms with Crippen molar-refractivity contribution in [2.24, 2.45) is 0 Å². The lowest BCUT2D eigenvalue weighted by Crippen LogP contribution is -2.31. The summed E-state index contributed by atoms with van der Waals surface area (Å²) in [5.41, 5.74) is 4.16. The normalized spacial score (nSPS) is 15.9. The van der Waals surface area contributed by atoms with Crippen molar-refractivity contribution >= 4 is 35.1 Å². The summed E-state index contributed by atoms with van der Waals surface area (Å²) in [6, 6.07) is 11.7. The molecule has 2 aromatic rings. The van der Waals surface area contributed by atoms with Crippen molar-refractivity contribution in [3.63, 3.8) is 0 Å². The van der Waals surface area contributed by atoms with E-state index in [1.807, 2.05) is 37.3 Å². The van der Waals surface area contributed by atoms with Gasteiger partial charge in [0.15, 0.2) is 0 Å². The van der Waals surface area contributed by atoms with Crippen LogP contribution in [0.2, 0.25) is 10.0 Å². The number of carbonyl (C=O) groups excluding carboxylic acids is 1. The Kier molecular flexibility index (Phi) is 8.95. The summed E-state index contributed by atoms with van der Waals surface area (Å²) in [6.07, 6.45) is -4.16. The summed E-state index contributed by atoms with van der Waals surface area (Å²) in [6.45, 7) is 4.44. The number of nitrogens with one attached hydrogen (secondary N) is 1. The average Bonchev–Trinajstić information content (AvgIpc) is 2.72. The highest BCUT2D eigenvalue weighted by atomic mass is 35.5. The van der Waals surface area contributed by atoms with Gasteiger partial charge in [0.2, 0.25) is 0 Å². The lowest BCUT2D eigenvalue weighted by Gasteiger charge is -2.33. The third-order valence-electron chi connectivity index (χ3n) is 4.85. The average molecular weight is 491 g/mol. The standard InChI is InChI=1S/C20H22Cl2N2O.C2HF3O2/c1-3-8-23-20(25)14-6-4-13(5-7-14)17-11-24(2)12-18-16(17)9-15(21)10-19(18)22;3-2(4,5)1(6)7/h4-7,9-10,17H,3,8,11-12H2,1-2H3,(H,23,25);(H,6,7). The number of amides is 1. The molecule has 1 heterocycles. The van der Waals surface area contributed by atoms with E-state index in [0.717, 1.165) is 35.7 Å². The number of halogens is 5. The van der Waals surface area contributed by atoms with Gasteiger partial charge in [-0.1, -0.05) is 42.3 Å². The SMILES string of the molecule is CCCNC(=O)c1ccc(C2CN(C)Cc3c(Cl)cc(Cl)cc32)cc1.O=C(O)C(F)(F)F. The minimum absolute atomic E-state index is 0.0272. The number of carbonyl (C=O) groups is 2. The van der Waals surface area contributed by atoms with Crippen molar-refractivity contribution in [2.75, 3.05) is 20.1 Å². The maximum Gasteiger partial charge on any atom is 0.490 e. The van der Waals surface area contributed by atoms with Gasteiger partial charge in [-0.05, 0) is 54.4 Å². The molecule has 2 aromatic carbocycles. The Morgan fingerprint density at radius 3 is 2.31 bits per heavy atom. The number of hydrogen-bond donors (Lipinski definition) is 2. The van der Waals surface area contributed by atoms with Crippen LogP contribution >= 0.6 is 23.2 Å². The molecule has 0 saturated carbocycles. The predicted octanol–water partition coefficient (Wildman–Crippen LogP) is 5.34. The van der Waals surface area contributed by atoms with Crippen molar-refractivity contribution < 1.29 is 27.9 Å². The number of hydrogen-bond acceptors (Lipinski definition) is 3. The first kappa shape index (κ1) is 26.0. The van der Waals surface area contributed by atoms with Crippen LogP contribution in [0.1, 0.15) is 46.3 Å². The molecular formula is C22H23Cl2F3N2O3. The summed E-state index contributed by atoms with van der Waals surface area (Å²) in [5, 5.41) is 11.4. The number of rotatable bonds is 4. The molecule has 10 heteroatoms.